The smallest absolute Gasteiger partial charge is 0.175 e. The van der Waals surface area contributed by atoms with Gasteiger partial charge in [0.25, 0.3) is 0 Å². The van der Waals surface area contributed by atoms with Crippen molar-refractivity contribution >= 4 is 0 Å². The van der Waals surface area contributed by atoms with Crippen LogP contribution in [0.5, 0.6) is 5.75 Å². The molecule has 0 aliphatic carbocycles. The van der Waals surface area contributed by atoms with Crippen LogP contribution in [-0.2, 0) is 25.6 Å². The highest BCUT2D eigenvalue weighted by atomic mass is 16.7. The molecule has 0 spiro atoms. The molecule has 0 bridgehead atoms. The van der Waals surface area contributed by atoms with Gasteiger partial charge >= 0.3 is 0 Å². The zero-order valence-electron chi connectivity index (χ0n) is 16.2. The number of methoxy groups -OCH3 is 1. The van der Waals surface area contributed by atoms with E-state index < -0.39 is 30.6 Å². The third-order valence-corrected chi connectivity index (χ3v) is 4.33. The number of nitrogens with two attached hydrogens (primary N) is 1. The monoisotopic (exact) mass is 406 g/mol. The van der Waals surface area contributed by atoms with Gasteiger partial charge in [-0.25, -0.2) is 0 Å². The molecule has 10 heteroatoms. The Balaban J connectivity index is 2.01. The van der Waals surface area contributed by atoms with Gasteiger partial charge in [-0.2, -0.15) is 0 Å². The van der Waals surface area contributed by atoms with Gasteiger partial charge in [0, 0.05) is 11.5 Å². The normalized spacial score (nSPS) is 26.3. The summed E-state index contributed by atoms with van der Waals surface area (Å²) in [5.74, 6) is 3.11. The Morgan fingerprint density at radius 1 is 1.34 bits per heavy atom. The largest absolute Gasteiger partial charge is 0.497 e. The first-order chi connectivity index (χ1) is 14.1. The van der Waals surface area contributed by atoms with Gasteiger partial charge in [-0.3, -0.25) is 0 Å². The van der Waals surface area contributed by atoms with E-state index >= 15 is 0 Å². The van der Waals surface area contributed by atoms with Crippen LogP contribution in [0.4, 0.5) is 0 Å². The van der Waals surface area contributed by atoms with Crippen LogP contribution >= 0.6 is 0 Å². The molecule has 2 rings (SSSR count). The molecule has 4 unspecified atom stereocenters. The average Bonchev–Trinajstić information content (AvgIpc) is 2.74. The summed E-state index contributed by atoms with van der Waals surface area (Å²) in [6.45, 7) is 0.641. The van der Waals surface area contributed by atoms with Crippen molar-refractivity contribution in [3.8, 4) is 18.1 Å². The van der Waals surface area contributed by atoms with Gasteiger partial charge in [0.15, 0.2) is 6.29 Å². The molecule has 158 valence electrons. The molecule has 1 heterocycles. The fourth-order valence-corrected chi connectivity index (χ4v) is 2.83. The SMILES string of the molecule is C#CCOCC1O[C@@H](OCCN=[N+]=[N-])C(N)C(O)C1OCc1ccc(OC)cc1. The standard InChI is InChI=1S/C19H26N4O6/c1-3-9-26-12-15-18(28-11-13-4-6-14(25-2)7-5-13)17(24)16(20)19(29-15)27-10-8-22-23-21/h1,4-7,15-19,24H,8-12,20H2,2H3/t15?,16?,17?,18?,19-/m1/s1. The van der Waals surface area contributed by atoms with Gasteiger partial charge in [0.1, 0.15) is 30.7 Å². The van der Waals surface area contributed by atoms with Crippen molar-refractivity contribution in [2.75, 3.05) is 33.5 Å². The molecule has 1 fully saturated rings. The molecule has 1 aliphatic heterocycles. The summed E-state index contributed by atoms with van der Waals surface area (Å²) in [5.41, 5.74) is 15.3. The number of rotatable bonds is 11. The van der Waals surface area contributed by atoms with E-state index in [1.54, 1.807) is 7.11 Å². The van der Waals surface area contributed by atoms with Crippen LogP contribution in [-0.4, -0.2) is 69.2 Å². The van der Waals surface area contributed by atoms with Crippen LogP contribution in [0.2, 0.25) is 0 Å². The molecular formula is C19H26N4O6. The molecule has 0 amide bonds. The Labute approximate surface area is 169 Å². The Hall–Kier alpha value is -2.35. The Morgan fingerprint density at radius 2 is 2.10 bits per heavy atom. The van der Waals surface area contributed by atoms with E-state index in [0.29, 0.717) is 0 Å². The molecule has 10 nitrogen and oxygen atoms in total. The summed E-state index contributed by atoms with van der Waals surface area (Å²) >= 11 is 0. The first kappa shape index (κ1) is 22.9. The maximum Gasteiger partial charge on any atom is 0.175 e. The quantitative estimate of drug-likeness (QED) is 0.183. The number of nitrogens with zero attached hydrogens (tertiary/aromatic N) is 3. The summed E-state index contributed by atoms with van der Waals surface area (Å²) in [6.07, 6.45) is 1.85. The zero-order chi connectivity index (χ0) is 21.1. The molecule has 1 aromatic carbocycles. The molecule has 0 saturated carbocycles. The van der Waals surface area contributed by atoms with Crippen molar-refractivity contribution in [1.29, 1.82) is 0 Å². The number of hydrogen-bond acceptors (Lipinski definition) is 8. The average molecular weight is 406 g/mol. The summed E-state index contributed by atoms with van der Waals surface area (Å²) in [7, 11) is 1.59. The zero-order valence-corrected chi connectivity index (χ0v) is 16.2. The van der Waals surface area contributed by atoms with Gasteiger partial charge in [0.2, 0.25) is 0 Å². The van der Waals surface area contributed by atoms with E-state index in [2.05, 4.69) is 15.9 Å². The predicted molar refractivity (Wildman–Crippen MR) is 104 cm³/mol. The van der Waals surface area contributed by atoms with Crippen LogP contribution in [0.1, 0.15) is 5.56 Å². The van der Waals surface area contributed by atoms with Crippen LogP contribution in [0, 0.1) is 12.3 Å². The highest BCUT2D eigenvalue weighted by Gasteiger charge is 2.44. The van der Waals surface area contributed by atoms with Crippen molar-refractivity contribution in [3.05, 3.63) is 40.3 Å². The Bertz CT molecular complexity index is 704. The van der Waals surface area contributed by atoms with Crippen molar-refractivity contribution in [2.45, 2.75) is 37.3 Å². The molecule has 1 saturated heterocycles. The van der Waals surface area contributed by atoms with Crippen LogP contribution in [0.15, 0.2) is 29.4 Å². The fraction of sp³-hybridized carbons (Fsp3) is 0.579. The third-order valence-electron chi connectivity index (χ3n) is 4.33. The molecule has 5 atom stereocenters. The van der Waals surface area contributed by atoms with E-state index in [4.69, 9.17) is 41.4 Å². The molecule has 1 aromatic rings. The summed E-state index contributed by atoms with van der Waals surface area (Å²) in [4.78, 5) is 2.65. The highest BCUT2D eigenvalue weighted by molar-refractivity contribution is 5.26. The first-order valence-corrected chi connectivity index (χ1v) is 9.08. The fourth-order valence-electron chi connectivity index (χ4n) is 2.83. The van der Waals surface area contributed by atoms with Crippen molar-refractivity contribution in [1.82, 2.24) is 0 Å². The maximum atomic E-state index is 10.7. The number of benzene rings is 1. The lowest BCUT2D eigenvalue weighted by molar-refractivity contribution is -0.276. The van der Waals surface area contributed by atoms with Crippen LogP contribution < -0.4 is 10.5 Å². The predicted octanol–water partition coefficient (Wildman–Crippen LogP) is 0.970. The van der Waals surface area contributed by atoms with Crippen molar-refractivity contribution in [3.63, 3.8) is 0 Å². The lowest BCUT2D eigenvalue weighted by Crippen LogP contribution is -2.63. The van der Waals surface area contributed by atoms with Gasteiger partial charge < -0.3 is 34.5 Å². The Kier molecular flexibility index (Phi) is 9.70. The molecular weight excluding hydrogens is 380 g/mol. The minimum Gasteiger partial charge on any atom is -0.497 e. The topological polar surface area (TPSA) is 141 Å². The minimum atomic E-state index is -1.06. The Morgan fingerprint density at radius 3 is 2.76 bits per heavy atom. The van der Waals surface area contributed by atoms with Gasteiger partial charge in [-0.1, -0.05) is 23.2 Å². The van der Waals surface area contributed by atoms with E-state index in [1.807, 2.05) is 24.3 Å². The number of aliphatic hydroxyl groups excluding tert-OH is 1. The number of hydrogen-bond donors (Lipinski definition) is 2. The minimum absolute atomic E-state index is 0.0929. The second-order valence-corrected chi connectivity index (χ2v) is 6.28. The first-order valence-electron chi connectivity index (χ1n) is 9.08. The molecule has 0 radical (unpaired) electrons. The van der Waals surface area contributed by atoms with Gasteiger partial charge in [-0.15, -0.1) is 6.42 Å². The van der Waals surface area contributed by atoms with E-state index in [9.17, 15) is 5.11 Å². The van der Waals surface area contributed by atoms with E-state index in [1.165, 1.54) is 0 Å². The molecule has 1 aliphatic rings. The number of aliphatic hydroxyl groups is 1. The molecule has 0 aromatic heterocycles. The van der Waals surface area contributed by atoms with E-state index in [-0.39, 0.29) is 33.0 Å². The van der Waals surface area contributed by atoms with Crippen LogP contribution in [0.25, 0.3) is 10.4 Å². The van der Waals surface area contributed by atoms with Crippen molar-refractivity contribution in [2.24, 2.45) is 10.8 Å². The lowest BCUT2D eigenvalue weighted by atomic mass is 9.97. The van der Waals surface area contributed by atoms with Gasteiger partial charge in [-0.05, 0) is 23.2 Å². The summed E-state index contributed by atoms with van der Waals surface area (Å²) in [6, 6.07) is 6.50. The number of azide groups is 1. The highest BCUT2D eigenvalue weighted by Crippen LogP contribution is 2.25. The lowest BCUT2D eigenvalue weighted by Gasteiger charge is -2.42. The molecule has 29 heavy (non-hydrogen) atoms. The second kappa shape index (κ2) is 12.3. The van der Waals surface area contributed by atoms with Crippen molar-refractivity contribution < 1.29 is 28.8 Å². The van der Waals surface area contributed by atoms with E-state index in [0.717, 1.165) is 11.3 Å². The third kappa shape index (κ3) is 6.88. The number of terminal acetylenes is 1. The maximum absolute atomic E-state index is 10.7. The summed E-state index contributed by atoms with van der Waals surface area (Å²) < 4.78 is 27.8. The second-order valence-electron chi connectivity index (χ2n) is 6.28. The molecule has 3 N–H and O–H groups in total. The van der Waals surface area contributed by atoms with Gasteiger partial charge in [0.05, 0.1) is 33.0 Å². The van der Waals surface area contributed by atoms with Crippen LogP contribution in [0.3, 0.4) is 0 Å². The summed E-state index contributed by atoms with van der Waals surface area (Å²) in [5, 5.41) is 14.1. The number of ether oxygens (including phenoxy) is 5.